The second-order valence-corrected chi connectivity index (χ2v) is 6.93. The Kier molecular flexibility index (Phi) is 6.33. The van der Waals surface area contributed by atoms with E-state index in [9.17, 15) is 4.79 Å². The quantitative estimate of drug-likeness (QED) is 0.836. The molecule has 6 heteroatoms. The highest BCUT2D eigenvalue weighted by atomic mass is 16.1. The van der Waals surface area contributed by atoms with Crippen LogP contribution in [0.1, 0.15) is 49.2 Å². The number of aryl methyl sites for hydroxylation is 1. The van der Waals surface area contributed by atoms with Crippen molar-refractivity contribution in [1.82, 2.24) is 20.2 Å². The van der Waals surface area contributed by atoms with Gasteiger partial charge < -0.3 is 16.0 Å². The van der Waals surface area contributed by atoms with Crippen LogP contribution in [0.3, 0.4) is 0 Å². The summed E-state index contributed by atoms with van der Waals surface area (Å²) >= 11 is 0. The van der Waals surface area contributed by atoms with Crippen molar-refractivity contribution in [2.75, 3.05) is 31.9 Å². The third-order valence-corrected chi connectivity index (χ3v) is 4.31. The number of likely N-dealkylation sites (tertiary alicyclic amines) is 1. The number of nitrogens with one attached hydrogen (secondary N) is 1. The number of nitrogens with zero attached hydrogens (tertiary/aromatic N) is 3. The van der Waals surface area contributed by atoms with Crippen molar-refractivity contribution in [3.63, 3.8) is 0 Å². The molecule has 0 aliphatic carbocycles. The number of piperidine rings is 1. The van der Waals surface area contributed by atoms with E-state index < -0.39 is 0 Å². The number of carbonyl (C=O) groups excluding carboxylic acids is 1. The topological polar surface area (TPSA) is 84.1 Å². The summed E-state index contributed by atoms with van der Waals surface area (Å²) in [4.78, 5) is 22.7. The summed E-state index contributed by atoms with van der Waals surface area (Å²) < 4.78 is 0. The van der Waals surface area contributed by atoms with Gasteiger partial charge in [-0.15, -0.1) is 0 Å². The smallest absolute Gasteiger partial charge is 0.254 e. The summed E-state index contributed by atoms with van der Waals surface area (Å²) in [6.07, 6.45) is 5.04. The van der Waals surface area contributed by atoms with Gasteiger partial charge in [0.25, 0.3) is 5.91 Å². The number of hydrogen-bond donors (Lipinski definition) is 2. The summed E-state index contributed by atoms with van der Waals surface area (Å²) in [5.74, 6) is 1.47. The van der Waals surface area contributed by atoms with E-state index >= 15 is 0 Å². The van der Waals surface area contributed by atoms with Crippen molar-refractivity contribution in [2.24, 2.45) is 11.8 Å². The molecule has 0 radical (unpaired) electrons. The Morgan fingerprint density at radius 3 is 3.00 bits per heavy atom. The third-order valence-electron chi connectivity index (χ3n) is 4.31. The standard InChI is InChI=1S/C17H29N5O/c1-12(2)10-22-8-4-5-14(11-22)6-7-19-16(23)15-9-20-17(18)21-13(15)3/h9,12,14H,4-8,10-11H2,1-3H3,(H,19,23)(H2,18,20,21)/t14-/m0/s1. The fraction of sp³-hybridized carbons (Fsp3) is 0.706. The minimum atomic E-state index is -0.114. The third kappa shape index (κ3) is 5.46. The number of rotatable bonds is 6. The Morgan fingerprint density at radius 1 is 1.52 bits per heavy atom. The first-order chi connectivity index (χ1) is 11.0. The maximum Gasteiger partial charge on any atom is 0.254 e. The number of amides is 1. The molecule has 6 nitrogen and oxygen atoms in total. The lowest BCUT2D eigenvalue weighted by Crippen LogP contribution is -2.39. The van der Waals surface area contributed by atoms with Gasteiger partial charge in [0.15, 0.2) is 0 Å². The molecule has 1 saturated heterocycles. The van der Waals surface area contributed by atoms with Crippen molar-refractivity contribution in [2.45, 2.75) is 40.0 Å². The zero-order valence-corrected chi connectivity index (χ0v) is 14.5. The molecule has 0 spiro atoms. The molecule has 2 rings (SSSR count). The highest BCUT2D eigenvalue weighted by Crippen LogP contribution is 2.20. The van der Waals surface area contributed by atoms with E-state index in [-0.39, 0.29) is 11.9 Å². The molecular formula is C17H29N5O. The summed E-state index contributed by atoms with van der Waals surface area (Å²) in [7, 11) is 0. The van der Waals surface area contributed by atoms with Crippen LogP contribution in [0.2, 0.25) is 0 Å². The molecule has 0 unspecified atom stereocenters. The average Bonchev–Trinajstić information content (AvgIpc) is 2.46. The number of anilines is 1. The average molecular weight is 319 g/mol. The van der Waals surface area contributed by atoms with Crippen molar-refractivity contribution in [3.8, 4) is 0 Å². The number of hydrogen-bond acceptors (Lipinski definition) is 5. The Balaban J connectivity index is 1.77. The van der Waals surface area contributed by atoms with Crippen LogP contribution in [-0.4, -0.2) is 47.0 Å². The van der Waals surface area contributed by atoms with Crippen LogP contribution in [0.25, 0.3) is 0 Å². The van der Waals surface area contributed by atoms with Gasteiger partial charge in [-0.1, -0.05) is 13.8 Å². The van der Waals surface area contributed by atoms with Gasteiger partial charge in [0.05, 0.1) is 11.3 Å². The molecule has 1 atom stereocenters. The monoisotopic (exact) mass is 319 g/mol. The van der Waals surface area contributed by atoms with E-state index in [2.05, 4.69) is 34.0 Å². The van der Waals surface area contributed by atoms with Crippen LogP contribution in [0.15, 0.2) is 6.20 Å². The van der Waals surface area contributed by atoms with E-state index in [0.717, 1.165) is 13.0 Å². The van der Waals surface area contributed by atoms with Gasteiger partial charge in [0.2, 0.25) is 5.95 Å². The number of nitrogen functional groups attached to an aromatic ring is 1. The van der Waals surface area contributed by atoms with E-state index in [0.29, 0.717) is 29.6 Å². The Labute approximate surface area is 138 Å². The number of aromatic nitrogens is 2. The molecule has 2 heterocycles. The van der Waals surface area contributed by atoms with E-state index in [1.165, 1.54) is 32.1 Å². The summed E-state index contributed by atoms with van der Waals surface area (Å²) in [5.41, 5.74) is 6.64. The van der Waals surface area contributed by atoms with Gasteiger partial charge in [-0.05, 0) is 44.6 Å². The van der Waals surface area contributed by atoms with Crippen molar-refractivity contribution in [3.05, 3.63) is 17.5 Å². The van der Waals surface area contributed by atoms with Gasteiger partial charge in [0, 0.05) is 25.8 Å². The van der Waals surface area contributed by atoms with Crippen LogP contribution in [0.5, 0.6) is 0 Å². The zero-order valence-electron chi connectivity index (χ0n) is 14.5. The molecule has 1 aromatic heterocycles. The highest BCUT2D eigenvalue weighted by molar-refractivity contribution is 5.94. The van der Waals surface area contributed by atoms with Gasteiger partial charge in [-0.2, -0.15) is 0 Å². The lowest BCUT2D eigenvalue weighted by atomic mass is 9.94. The molecular weight excluding hydrogens is 290 g/mol. The summed E-state index contributed by atoms with van der Waals surface area (Å²) in [6.45, 7) is 10.5. The molecule has 128 valence electrons. The normalized spacial score (nSPS) is 19.0. The Hall–Kier alpha value is -1.69. The number of nitrogens with two attached hydrogens (primary N) is 1. The number of carbonyl (C=O) groups is 1. The highest BCUT2D eigenvalue weighted by Gasteiger charge is 2.20. The molecule has 0 aromatic carbocycles. The molecule has 1 fully saturated rings. The van der Waals surface area contributed by atoms with Gasteiger partial charge in [-0.25, -0.2) is 9.97 Å². The second kappa shape index (κ2) is 8.24. The van der Waals surface area contributed by atoms with Crippen LogP contribution < -0.4 is 11.1 Å². The minimum absolute atomic E-state index is 0.114. The molecule has 23 heavy (non-hydrogen) atoms. The predicted octanol–water partition coefficient (Wildman–Crippen LogP) is 1.86. The van der Waals surface area contributed by atoms with Crippen molar-refractivity contribution < 1.29 is 4.79 Å². The molecule has 0 bridgehead atoms. The summed E-state index contributed by atoms with van der Waals surface area (Å²) in [5, 5.41) is 2.98. The fourth-order valence-electron chi connectivity index (χ4n) is 3.26. The van der Waals surface area contributed by atoms with Crippen molar-refractivity contribution in [1.29, 1.82) is 0 Å². The van der Waals surface area contributed by atoms with Gasteiger partial charge >= 0.3 is 0 Å². The zero-order chi connectivity index (χ0) is 16.8. The van der Waals surface area contributed by atoms with Crippen molar-refractivity contribution >= 4 is 11.9 Å². The van der Waals surface area contributed by atoms with Gasteiger partial charge in [0.1, 0.15) is 0 Å². The maximum absolute atomic E-state index is 12.2. The van der Waals surface area contributed by atoms with E-state index in [1.54, 1.807) is 6.92 Å². The first-order valence-corrected chi connectivity index (χ1v) is 8.55. The van der Waals surface area contributed by atoms with Crippen LogP contribution in [0.4, 0.5) is 5.95 Å². The fourth-order valence-corrected chi connectivity index (χ4v) is 3.26. The van der Waals surface area contributed by atoms with E-state index in [1.807, 2.05) is 0 Å². The van der Waals surface area contributed by atoms with Crippen LogP contribution in [-0.2, 0) is 0 Å². The Bertz CT molecular complexity index is 532. The second-order valence-electron chi connectivity index (χ2n) is 6.93. The molecule has 3 N–H and O–H groups in total. The van der Waals surface area contributed by atoms with Gasteiger partial charge in [-0.3, -0.25) is 4.79 Å². The molecule has 1 amide bonds. The van der Waals surface area contributed by atoms with Crippen LogP contribution >= 0.6 is 0 Å². The molecule has 1 aromatic rings. The van der Waals surface area contributed by atoms with Crippen LogP contribution in [0, 0.1) is 18.8 Å². The molecule has 1 aliphatic heterocycles. The maximum atomic E-state index is 12.2. The first kappa shape index (κ1) is 17.7. The largest absolute Gasteiger partial charge is 0.368 e. The lowest BCUT2D eigenvalue weighted by molar-refractivity contribution is 0.0944. The lowest BCUT2D eigenvalue weighted by Gasteiger charge is -2.33. The first-order valence-electron chi connectivity index (χ1n) is 8.55. The molecule has 1 aliphatic rings. The molecule has 0 saturated carbocycles. The van der Waals surface area contributed by atoms with E-state index in [4.69, 9.17) is 5.73 Å². The predicted molar refractivity (Wildman–Crippen MR) is 92.1 cm³/mol. The Morgan fingerprint density at radius 2 is 2.30 bits per heavy atom. The minimum Gasteiger partial charge on any atom is -0.368 e. The summed E-state index contributed by atoms with van der Waals surface area (Å²) in [6, 6.07) is 0. The SMILES string of the molecule is Cc1nc(N)ncc1C(=O)NCC[C@@H]1CCCN(CC(C)C)C1.